The van der Waals surface area contributed by atoms with Gasteiger partial charge in [-0.25, -0.2) is 0 Å². The summed E-state index contributed by atoms with van der Waals surface area (Å²) in [5, 5.41) is 4.31. The van der Waals surface area contributed by atoms with E-state index in [1.54, 1.807) is 10.9 Å². The highest BCUT2D eigenvalue weighted by molar-refractivity contribution is 5.22. The van der Waals surface area contributed by atoms with E-state index in [0.29, 0.717) is 0 Å². The molecule has 0 aliphatic rings. The molecule has 4 nitrogen and oxygen atoms in total. The van der Waals surface area contributed by atoms with Gasteiger partial charge in [-0.15, -0.1) is 0 Å². The van der Waals surface area contributed by atoms with E-state index in [2.05, 4.69) is 10.1 Å². The van der Waals surface area contributed by atoms with Crippen molar-refractivity contribution >= 4 is 0 Å². The van der Waals surface area contributed by atoms with Crippen LogP contribution in [0.1, 0.15) is 23.0 Å². The molecule has 0 fully saturated rings. The van der Waals surface area contributed by atoms with E-state index in [1.165, 1.54) is 0 Å². The van der Waals surface area contributed by atoms with Crippen molar-refractivity contribution in [3.63, 3.8) is 0 Å². The minimum absolute atomic E-state index is 0.0869. The van der Waals surface area contributed by atoms with Crippen LogP contribution in [0.4, 0.5) is 0 Å². The summed E-state index contributed by atoms with van der Waals surface area (Å²) in [4.78, 5) is 4.32. The van der Waals surface area contributed by atoms with E-state index in [1.807, 2.05) is 38.4 Å². The van der Waals surface area contributed by atoms with Crippen molar-refractivity contribution in [1.29, 1.82) is 0 Å². The van der Waals surface area contributed by atoms with E-state index in [9.17, 15) is 0 Å². The maximum atomic E-state index is 6.13. The summed E-state index contributed by atoms with van der Waals surface area (Å²) in [7, 11) is 1.90. The molecule has 1 atom stereocenters. The van der Waals surface area contributed by atoms with Crippen LogP contribution in [0.25, 0.3) is 0 Å². The molecule has 0 saturated heterocycles. The number of rotatable bonds is 3. The molecule has 2 heterocycles. The van der Waals surface area contributed by atoms with Gasteiger partial charge in [0, 0.05) is 25.9 Å². The monoisotopic (exact) mass is 216 g/mol. The summed E-state index contributed by atoms with van der Waals surface area (Å²) in [6, 6.07) is 5.85. The lowest BCUT2D eigenvalue weighted by Gasteiger charge is -2.11. The average molecular weight is 216 g/mol. The Morgan fingerprint density at radius 3 is 2.88 bits per heavy atom. The third-order valence-corrected chi connectivity index (χ3v) is 2.60. The lowest BCUT2D eigenvalue weighted by molar-refractivity contribution is 0.656. The molecule has 2 rings (SSSR count). The first-order chi connectivity index (χ1) is 7.66. The molecule has 4 heteroatoms. The molecule has 84 valence electrons. The van der Waals surface area contributed by atoms with Gasteiger partial charge in [0.2, 0.25) is 0 Å². The van der Waals surface area contributed by atoms with Gasteiger partial charge in [-0.05, 0) is 24.6 Å². The van der Waals surface area contributed by atoms with Gasteiger partial charge in [0.25, 0.3) is 0 Å². The minimum atomic E-state index is -0.0869. The summed E-state index contributed by atoms with van der Waals surface area (Å²) in [6.07, 6.45) is 4.42. The molecule has 2 aromatic rings. The lowest BCUT2D eigenvalue weighted by Crippen LogP contribution is -2.16. The molecule has 0 saturated carbocycles. The predicted octanol–water partition coefficient (Wildman–Crippen LogP) is 1.37. The highest BCUT2D eigenvalue weighted by atomic mass is 15.2. The van der Waals surface area contributed by atoms with Crippen molar-refractivity contribution < 1.29 is 0 Å². The summed E-state index contributed by atoms with van der Waals surface area (Å²) in [5.74, 6) is 0. The van der Waals surface area contributed by atoms with Crippen molar-refractivity contribution in [2.24, 2.45) is 12.8 Å². The second-order valence-corrected chi connectivity index (χ2v) is 4.00. The average Bonchev–Trinajstić information content (AvgIpc) is 2.64. The van der Waals surface area contributed by atoms with E-state index in [-0.39, 0.29) is 6.04 Å². The first kappa shape index (κ1) is 10.8. The molecule has 1 unspecified atom stereocenters. The predicted molar refractivity (Wildman–Crippen MR) is 62.8 cm³/mol. The molecule has 0 bridgehead atoms. The zero-order valence-electron chi connectivity index (χ0n) is 9.59. The Morgan fingerprint density at radius 2 is 2.25 bits per heavy atom. The molecular formula is C12H16N4. The van der Waals surface area contributed by atoms with E-state index in [0.717, 1.165) is 23.4 Å². The zero-order chi connectivity index (χ0) is 11.5. The van der Waals surface area contributed by atoms with E-state index < -0.39 is 0 Å². The number of aryl methyl sites for hydroxylation is 2. The Kier molecular flexibility index (Phi) is 3.01. The first-order valence-corrected chi connectivity index (χ1v) is 5.32. The van der Waals surface area contributed by atoms with Gasteiger partial charge in [0.05, 0.1) is 17.4 Å². The van der Waals surface area contributed by atoms with Crippen LogP contribution in [0.15, 0.2) is 30.6 Å². The van der Waals surface area contributed by atoms with Crippen molar-refractivity contribution in [3.05, 3.63) is 47.5 Å². The Bertz CT molecular complexity index is 475. The maximum Gasteiger partial charge on any atom is 0.0643 e. The fraction of sp³-hybridized carbons (Fsp3) is 0.333. The standard InChI is InChI=1S/C12H16N4/c1-9-4-3-6-14-12(9)11(13)8-10-5-7-16(2)15-10/h3-7,11H,8,13H2,1-2H3. The molecule has 2 N–H and O–H groups in total. The molecular weight excluding hydrogens is 200 g/mol. The largest absolute Gasteiger partial charge is 0.322 e. The van der Waals surface area contributed by atoms with Gasteiger partial charge < -0.3 is 5.73 Å². The van der Waals surface area contributed by atoms with Crippen LogP contribution in [0.2, 0.25) is 0 Å². The summed E-state index contributed by atoms with van der Waals surface area (Å²) >= 11 is 0. The summed E-state index contributed by atoms with van der Waals surface area (Å²) in [5.41, 5.74) is 9.21. The number of nitrogens with two attached hydrogens (primary N) is 1. The fourth-order valence-corrected chi connectivity index (χ4v) is 1.78. The number of nitrogens with zero attached hydrogens (tertiary/aromatic N) is 3. The summed E-state index contributed by atoms with van der Waals surface area (Å²) in [6.45, 7) is 2.03. The quantitative estimate of drug-likeness (QED) is 0.843. The van der Waals surface area contributed by atoms with Gasteiger partial charge in [0.15, 0.2) is 0 Å². The third-order valence-electron chi connectivity index (χ3n) is 2.60. The van der Waals surface area contributed by atoms with Crippen LogP contribution >= 0.6 is 0 Å². The number of pyridine rings is 1. The van der Waals surface area contributed by atoms with Gasteiger partial charge in [-0.3, -0.25) is 9.67 Å². The Labute approximate surface area is 95.1 Å². The topological polar surface area (TPSA) is 56.7 Å². The Morgan fingerprint density at radius 1 is 1.44 bits per heavy atom. The van der Waals surface area contributed by atoms with Crippen LogP contribution < -0.4 is 5.73 Å². The SMILES string of the molecule is Cc1cccnc1C(N)Cc1ccn(C)n1. The van der Waals surface area contributed by atoms with Gasteiger partial charge in [0.1, 0.15) is 0 Å². The van der Waals surface area contributed by atoms with Crippen molar-refractivity contribution in [2.45, 2.75) is 19.4 Å². The Hall–Kier alpha value is -1.68. The maximum absolute atomic E-state index is 6.13. The number of hydrogen-bond donors (Lipinski definition) is 1. The molecule has 0 aliphatic heterocycles. The van der Waals surface area contributed by atoms with Crippen molar-refractivity contribution in [1.82, 2.24) is 14.8 Å². The molecule has 0 aromatic carbocycles. The normalized spacial score (nSPS) is 12.7. The van der Waals surface area contributed by atoms with Crippen molar-refractivity contribution in [3.8, 4) is 0 Å². The molecule has 2 aromatic heterocycles. The van der Waals surface area contributed by atoms with Crippen LogP contribution in [-0.2, 0) is 13.5 Å². The van der Waals surface area contributed by atoms with Crippen LogP contribution in [0, 0.1) is 6.92 Å². The van der Waals surface area contributed by atoms with E-state index in [4.69, 9.17) is 5.73 Å². The lowest BCUT2D eigenvalue weighted by atomic mass is 10.0. The second-order valence-electron chi connectivity index (χ2n) is 4.00. The second kappa shape index (κ2) is 4.45. The van der Waals surface area contributed by atoms with E-state index >= 15 is 0 Å². The van der Waals surface area contributed by atoms with Crippen LogP contribution in [0.3, 0.4) is 0 Å². The zero-order valence-corrected chi connectivity index (χ0v) is 9.59. The van der Waals surface area contributed by atoms with Gasteiger partial charge >= 0.3 is 0 Å². The molecule has 0 spiro atoms. The summed E-state index contributed by atoms with van der Waals surface area (Å²) < 4.78 is 1.79. The molecule has 0 radical (unpaired) electrons. The van der Waals surface area contributed by atoms with Crippen LogP contribution in [-0.4, -0.2) is 14.8 Å². The molecule has 0 amide bonds. The fourth-order valence-electron chi connectivity index (χ4n) is 1.78. The first-order valence-electron chi connectivity index (χ1n) is 5.32. The molecule has 0 aliphatic carbocycles. The number of aromatic nitrogens is 3. The highest BCUT2D eigenvalue weighted by Crippen LogP contribution is 2.15. The third kappa shape index (κ3) is 2.28. The van der Waals surface area contributed by atoms with Gasteiger partial charge in [-0.1, -0.05) is 6.07 Å². The van der Waals surface area contributed by atoms with Gasteiger partial charge in [-0.2, -0.15) is 5.10 Å². The van der Waals surface area contributed by atoms with Crippen molar-refractivity contribution in [2.75, 3.05) is 0 Å². The van der Waals surface area contributed by atoms with Crippen LogP contribution in [0.5, 0.6) is 0 Å². The minimum Gasteiger partial charge on any atom is -0.322 e. The Balaban J connectivity index is 2.14. The number of hydrogen-bond acceptors (Lipinski definition) is 3. The smallest absolute Gasteiger partial charge is 0.0643 e. The molecule has 16 heavy (non-hydrogen) atoms. The highest BCUT2D eigenvalue weighted by Gasteiger charge is 2.12.